The van der Waals surface area contributed by atoms with Crippen molar-refractivity contribution < 1.29 is 0 Å². The van der Waals surface area contributed by atoms with Crippen LogP contribution in [0.3, 0.4) is 0 Å². The highest BCUT2D eigenvalue weighted by atomic mass is 15.2. The Bertz CT molecular complexity index is 504. The summed E-state index contributed by atoms with van der Waals surface area (Å²) in [5.74, 6) is 1.91. The predicted molar refractivity (Wildman–Crippen MR) is 80.1 cm³/mol. The molecule has 1 aromatic heterocycles. The maximum Gasteiger partial charge on any atom is 0.0640 e. The molecule has 4 bridgehead atoms. The second kappa shape index (κ2) is 4.09. The molecule has 5 rings (SSSR count). The van der Waals surface area contributed by atoms with E-state index in [0.29, 0.717) is 16.9 Å². The van der Waals surface area contributed by atoms with Crippen LogP contribution in [0.25, 0.3) is 0 Å². The summed E-state index contributed by atoms with van der Waals surface area (Å²) in [6, 6.07) is 2.42. The number of hydrogen-bond donors (Lipinski definition) is 1. The van der Waals surface area contributed by atoms with Crippen LogP contribution in [0.5, 0.6) is 0 Å². The molecule has 2 N–H and O–H groups in total. The molecule has 0 aliphatic heterocycles. The fourth-order valence-electron chi connectivity index (χ4n) is 6.25. The van der Waals surface area contributed by atoms with Gasteiger partial charge in [0.25, 0.3) is 0 Å². The van der Waals surface area contributed by atoms with E-state index in [1.165, 1.54) is 44.2 Å². The molecule has 0 saturated heterocycles. The molecule has 110 valence electrons. The van der Waals surface area contributed by atoms with E-state index in [2.05, 4.69) is 18.1 Å². The van der Waals surface area contributed by atoms with Crippen LogP contribution in [0.4, 0.5) is 0 Å². The summed E-state index contributed by atoms with van der Waals surface area (Å²) < 4.78 is 1.89. The van der Waals surface area contributed by atoms with Gasteiger partial charge in [0.15, 0.2) is 0 Å². The highest BCUT2D eigenvalue weighted by Crippen LogP contribution is 2.66. The Balaban J connectivity index is 1.57. The van der Waals surface area contributed by atoms with Gasteiger partial charge in [-0.3, -0.25) is 4.68 Å². The van der Waals surface area contributed by atoms with Gasteiger partial charge in [0.1, 0.15) is 0 Å². The predicted octanol–water partition coefficient (Wildman–Crippen LogP) is 2.90. The van der Waals surface area contributed by atoms with Crippen molar-refractivity contribution >= 4 is 0 Å². The van der Waals surface area contributed by atoms with Gasteiger partial charge in [-0.05, 0) is 67.3 Å². The Labute approximate surface area is 121 Å². The van der Waals surface area contributed by atoms with Crippen LogP contribution in [0, 0.1) is 22.7 Å². The van der Waals surface area contributed by atoms with Crippen molar-refractivity contribution in [2.24, 2.45) is 35.4 Å². The Morgan fingerprint density at radius 2 is 2.05 bits per heavy atom. The minimum absolute atomic E-state index is 0.294. The standard InChI is InChI=1S/C17H27N3/c1-16-7-12-5-13(8-16)10-17(9-12,11-16)15(18)6-14-3-4-20(2)19-14/h3-4,12-13,15H,5-11,18H2,1-2H3. The summed E-state index contributed by atoms with van der Waals surface area (Å²) >= 11 is 0. The Morgan fingerprint density at radius 3 is 2.60 bits per heavy atom. The minimum atomic E-state index is 0.294. The van der Waals surface area contributed by atoms with Crippen molar-refractivity contribution in [3.05, 3.63) is 18.0 Å². The molecule has 3 unspecified atom stereocenters. The molecule has 1 aromatic rings. The smallest absolute Gasteiger partial charge is 0.0640 e. The molecule has 0 aromatic carbocycles. The highest BCUT2D eigenvalue weighted by molar-refractivity contribution is 5.12. The van der Waals surface area contributed by atoms with E-state index < -0.39 is 0 Å². The summed E-state index contributed by atoms with van der Waals surface area (Å²) in [7, 11) is 1.99. The average molecular weight is 273 g/mol. The molecule has 4 aliphatic rings. The van der Waals surface area contributed by atoms with Crippen molar-refractivity contribution in [2.75, 3.05) is 0 Å². The third kappa shape index (κ3) is 1.93. The van der Waals surface area contributed by atoms with Crippen LogP contribution < -0.4 is 5.73 Å². The van der Waals surface area contributed by atoms with Crippen molar-refractivity contribution in [1.82, 2.24) is 9.78 Å². The van der Waals surface area contributed by atoms with E-state index in [1.807, 2.05) is 17.9 Å². The third-order valence-electron chi connectivity index (χ3n) is 6.38. The maximum atomic E-state index is 6.72. The van der Waals surface area contributed by atoms with Crippen molar-refractivity contribution in [2.45, 2.75) is 57.9 Å². The molecule has 20 heavy (non-hydrogen) atoms. The van der Waals surface area contributed by atoms with Gasteiger partial charge in [0.2, 0.25) is 0 Å². The Morgan fingerprint density at radius 1 is 1.35 bits per heavy atom. The van der Waals surface area contributed by atoms with Gasteiger partial charge in [0, 0.05) is 25.7 Å². The number of nitrogens with two attached hydrogens (primary N) is 1. The SMILES string of the molecule is Cn1ccc(CC(N)C23CC4CC(CC(C)(C4)C2)C3)n1. The zero-order valence-corrected chi connectivity index (χ0v) is 12.8. The third-order valence-corrected chi connectivity index (χ3v) is 6.38. The minimum Gasteiger partial charge on any atom is -0.327 e. The van der Waals surface area contributed by atoms with Crippen LogP contribution in [0.1, 0.15) is 51.1 Å². The quantitative estimate of drug-likeness (QED) is 0.920. The van der Waals surface area contributed by atoms with Gasteiger partial charge < -0.3 is 5.73 Å². The summed E-state index contributed by atoms with van der Waals surface area (Å²) in [5.41, 5.74) is 8.89. The molecule has 3 nitrogen and oxygen atoms in total. The lowest BCUT2D eigenvalue weighted by atomic mass is 9.43. The van der Waals surface area contributed by atoms with E-state index >= 15 is 0 Å². The largest absolute Gasteiger partial charge is 0.327 e. The first-order valence-electron chi connectivity index (χ1n) is 8.21. The molecule has 4 fully saturated rings. The molecule has 1 heterocycles. The summed E-state index contributed by atoms with van der Waals surface area (Å²) in [4.78, 5) is 0. The van der Waals surface area contributed by atoms with Gasteiger partial charge in [-0.2, -0.15) is 5.10 Å². The zero-order chi connectivity index (χ0) is 14.0. The number of rotatable bonds is 3. The number of aromatic nitrogens is 2. The average Bonchev–Trinajstić information content (AvgIpc) is 2.71. The van der Waals surface area contributed by atoms with Gasteiger partial charge >= 0.3 is 0 Å². The fraction of sp³-hybridized carbons (Fsp3) is 0.824. The van der Waals surface area contributed by atoms with E-state index in [-0.39, 0.29) is 0 Å². The first kappa shape index (κ1) is 12.9. The van der Waals surface area contributed by atoms with E-state index in [9.17, 15) is 0 Å². The van der Waals surface area contributed by atoms with Crippen LogP contribution in [-0.2, 0) is 13.5 Å². The molecule has 0 spiro atoms. The van der Waals surface area contributed by atoms with Gasteiger partial charge in [0.05, 0.1) is 5.69 Å². The molecule has 4 saturated carbocycles. The fourth-order valence-corrected chi connectivity index (χ4v) is 6.25. The summed E-state index contributed by atoms with van der Waals surface area (Å²) in [5, 5.41) is 4.53. The molecule has 0 amide bonds. The summed E-state index contributed by atoms with van der Waals surface area (Å²) in [6.45, 7) is 2.52. The Hall–Kier alpha value is -0.830. The Kier molecular flexibility index (Phi) is 2.64. The molecule has 3 heteroatoms. The normalized spacial score (nSPS) is 44.0. The lowest BCUT2D eigenvalue weighted by Gasteiger charge is -2.63. The van der Waals surface area contributed by atoms with Crippen LogP contribution in [-0.4, -0.2) is 15.8 Å². The second-order valence-corrected chi connectivity index (χ2v) is 8.43. The van der Waals surface area contributed by atoms with E-state index in [1.54, 1.807) is 0 Å². The second-order valence-electron chi connectivity index (χ2n) is 8.43. The van der Waals surface area contributed by atoms with Crippen molar-refractivity contribution in [3.8, 4) is 0 Å². The molecule has 3 atom stereocenters. The van der Waals surface area contributed by atoms with E-state index in [0.717, 1.165) is 18.3 Å². The number of nitrogens with zero attached hydrogens (tertiary/aromatic N) is 2. The van der Waals surface area contributed by atoms with Gasteiger partial charge in [-0.1, -0.05) is 6.92 Å². The maximum absolute atomic E-state index is 6.72. The van der Waals surface area contributed by atoms with E-state index in [4.69, 9.17) is 5.73 Å². The lowest BCUT2D eigenvalue weighted by Crippen LogP contribution is -2.58. The molecule has 0 radical (unpaired) electrons. The van der Waals surface area contributed by atoms with Crippen molar-refractivity contribution in [1.29, 1.82) is 0 Å². The number of hydrogen-bond acceptors (Lipinski definition) is 2. The lowest BCUT2D eigenvalue weighted by molar-refractivity contribution is -0.112. The van der Waals surface area contributed by atoms with Gasteiger partial charge in [-0.25, -0.2) is 0 Å². The zero-order valence-electron chi connectivity index (χ0n) is 12.8. The molecular formula is C17H27N3. The van der Waals surface area contributed by atoms with Crippen LogP contribution in [0.15, 0.2) is 12.3 Å². The first-order chi connectivity index (χ1) is 9.46. The monoisotopic (exact) mass is 273 g/mol. The molecule has 4 aliphatic carbocycles. The van der Waals surface area contributed by atoms with Gasteiger partial charge in [-0.15, -0.1) is 0 Å². The molecular weight excluding hydrogens is 246 g/mol. The highest BCUT2D eigenvalue weighted by Gasteiger charge is 2.57. The first-order valence-corrected chi connectivity index (χ1v) is 8.21. The van der Waals surface area contributed by atoms with Crippen molar-refractivity contribution in [3.63, 3.8) is 0 Å². The van der Waals surface area contributed by atoms with Crippen LogP contribution >= 0.6 is 0 Å². The van der Waals surface area contributed by atoms with Crippen LogP contribution in [0.2, 0.25) is 0 Å². The number of aryl methyl sites for hydroxylation is 1. The summed E-state index contributed by atoms with van der Waals surface area (Å²) in [6.07, 6.45) is 11.5. The topological polar surface area (TPSA) is 43.8 Å².